The van der Waals surface area contributed by atoms with Crippen LogP contribution in [0, 0.1) is 0 Å². The maximum atomic E-state index is 4.11. The van der Waals surface area contributed by atoms with Crippen molar-refractivity contribution in [1.82, 2.24) is 4.98 Å². The summed E-state index contributed by atoms with van der Waals surface area (Å²) in [6.07, 6.45) is 8.95. The minimum Gasteiger partial charge on any atom is -0.384 e. The second kappa shape index (κ2) is 3.57. The van der Waals surface area contributed by atoms with Gasteiger partial charge in [0.15, 0.2) is 0 Å². The number of anilines is 1. The minimum absolute atomic E-state index is 1.10. The smallest absolute Gasteiger partial charge is 0.0559 e. The van der Waals surface area contributed by atoms with E-state index in [4.69, 9.17) is 0 Å². The van der Waals surface area contributed by atoms with Gasteiger partial charge in [0.1, 0.15) is 0 Å². The molecule has 1 aliphatic heterocycles. The Morgan fingerprint density at radius 2 is 2.25 bits per heavy atom. The van der Waals surface area contributed by atoms with Gasteiger partial charge in [-0.3, -0.25) is 4.98 Å². The van der Waals surface area contributed by atoms with Crippen LogP contribution >= 0.6 is 0 Å². The zero-order valence-electron chi connectivity index (χ0n) is 7.21. The highest BCUT2D eigenvalue weighted by Gasteiger charge is 2.04. The summed E-state index contributed by atoms with van der Waals surface area (Å²) in [4.78, 5) is 4.11. The van der Waals surface area contributed by atoms with Crippen LogP contribution in [-0.2, 0) is 6.42 Å². The Bertz CT molecular complexity index is 231. The number of rotatable bonds is 0. The van der Waals surface area contributed by atoms with Gasteiger partial charge in [0.25, 0.3) is 0 Å². The second-order valence-electron chi connectivity index (χ2n) is 3.27. The largest absolute Gasteiger partial charge is 0.384 e. The summed E-state index contributed by atoms with van der Waals surface area (Å²) in [5, 5.41) is 3.40. The molecule has 0 saturated carbocycles. The monoisotopic (exact) mass is 162 g/mol. The number of fused-ring (bicyclic) bond motifs is 1. The Balaban J connectivity index is 2.24. The zero-order valence-corrected chi connectivity index (χ0v) is 7.21. The summed E-state index contributed by atoms with van der Waals surface area (Å²) in [5.74, 6) is 0. The van der Waals surface area contributed by atoms with E-state index in [1.807, 2.05) is 12.4 Å². The number of hydrogen-bond donors (Lipinski definition) is 1. The van der Waals surface area contributed by atoms with Crippen molar-refractivity contribution in [3.8, 4) is 0 Å². The van der Waals surface area contributed by atoms with Crippen LogP contribution < -0.4 is 5.32 Å². The fraction of sp³-hybridized carbons (Fsp3) is 0.500. The van der Waals surface area contributed by atoms with Gasteiger partial charge in [0.2, 0.25) is 0 Å². The van der Waals surface area contributed by atoms with Crippen LogP contribution in [0.5, 0.6) is 0 Å². The standard InChI is InChI=1S/C10H14N2/c1-2-4-9-5-7-11-8-10(9)12-6-3-1/h5,7-8,12H,1-4,6H2. The molecule has 0 unspecified atom stereocenters. The fourth-order valence-electron chi connectivity index (χ4n) is 1.64. The van der Waals surface area contributed by atoms with E-state index in [0.717, 1.165) is 6.54 Å². The molecule has 1 N–H and O–H groups in total. The summed E-state index contributed by atoms with van der Waals surface area (Å²) >= 11 is 0. The zero-order chi connectivity index (χ0) is 8.23. The molecule has 0 radical (unpaired) electrons. The van der Waals surface area contributed by atoms with Gasteiger partial charge < -0.3 is 5.32 Å². The van der Waals surface area contributed by atoms with Crippen molar-refractivity contribution >= 4 is 5.69 Å². The third kappa shape index (κ3) is 1.58. The predicted octanol–water partition coefficient (Wildman–Crippen LogP) is 2.22. The van der Waals surface area contributed by atoms with Crippen molar-refractivity contribution in [3.63, 3.8) is 0 Å². The van der Waals surface area contributed by atoms with E-state index in [1.54, 1.807) is 0 Å². The number of pyridine rings is 1. The quantitative estimate of drug-likeness (QED) is 0.632. The molecule has 0 amide bonds. The molecule has 0 bridgehead atoms. The number of aromatic nitrogens is 1. The summed E-state index contributed by atoms with van der Waals surface area (Å²) < 4.78 is 0. The van der Waals surface area contributed by atoms with Gasteiger partial charge in [-0.15, -0.1) is 0 Å². The van der Waals surface area contributed by atoms with Gasteiger partial charge in [-0.1, -0.05) is 6.42 Å². The van der Waals surface area contributed by atoms with Crippen LogP contribution in [0.4, 0.5) is 5.69 Å². The molecular formula is C10H14N2. The summed E-state index contributed by atoms with van der Waals surface area (Å²) in [7, 11) is 0. The highest BCUT2D eigenvalue weighted by Crippen LogP contribution is 2.18. The SMILES string of the molecule is c1cc2c(cn1)NCCCCC2. The van der Waals surface area contributed by atoms with E-state index in [9.17, 15) is 0 Å². The Morgan fingerprint density at radius 1 is 1.25 bits per heavy atom. The Hall–Kier alpha value is -1.05. The molecule has 2 heterocycles. The van der Waals surface area contributed by atoms with Crippen LogP contribution in [0.1, 0.15) is 24.8 Å². The lowest BCUT2D eigenvalue weighted by molar-refractivity contribution is 0.685. The Labute approximate surface area is 73.0 Å². The summed E-state index contributed by atoms with van der Waals surface area (Å²) in [6, 6.07) is 2.12. The first-order valence-corrected chi connectivity index (χ1v) is 4.63. The molecule has 1 aromatic rings. The van der Waals surface area contributed by atoms with Crippen molar-refractivity contribution < 1.29 is 0 Å². The normalized spacial score (nSPS) is 17.0. The van der Waals surface area contributed by atoms with Gasteiger partial charge in [-0.25, -0.2) is 0 Å². The molecule has 0 aliphatic carbocycles. The second-order valence-corrected chi connectivity index (χ2v) is 3.27. The molecule has 2 heteroatoms. The third-order valence-corrected chi connectivity index (χ3v) is 2.35. The Kier molecular flexibility index (Phi) is 2.26. The lowest BCUT2D eigenvalue weighted by Gasteiger charge is -2.14. The van der Waals surface area contributed by atoms with Gasteiger partial charge in [0.05, 0.1) is 11.9 Å². The topological polar surface area (TPSA) is 24.9 Å². The first kappa shape index (κ1) is 7.59. The molecule has 2 nitrogen and oxygen atoms in total. The highest BCUT2D eigenvalue weighted by molar-refractivity contribution is 5.49. The fourth-order valence-corrected chi connectivity index (χ4v) is 1.64. The van der Waals surface area contributed by atoms with E-state index in [-0.39, 0.29) is 0 Å². The van der Waals surface area contributed by atoms with E-state index in [2.05, 4.69) is 16.4 Å². The van der Waals surface area contributed by atoms with Gasteiger partial charge >= 0.3 is 0 Å². The van der Waals surface area contributed by atoms with Crippen LogP contribution in [0.25, 0.3) is 0 Å². The van der Waals surface area contributed by atoms with Gasteiger partial charge in [-0.2, -0.15) is 0 Å². The molecule has 12 heavy (non-hydrogen) atoms. The maximum absolute atomic E-state index is 4.11. The number of hydrogen-bond acceptors (Lipinski definition) is 2. The van der Waals surface area contributed by atoms with E-state index in [0.29, 0.717) is 0 Å². The minimum atomic E-state index is 1.10. The average molecular weight is 162 g/mol. The maximum Gasteiger partial charge on any atom is 0.0559 e. The van der Waals surface area contributed by atoms with Crippen molar-refractivity contribution in [1.29, 1.82) is 0 Å². The number of nitrogens with zero attached hydrogens (tertiary/aromatic N) is 1. The summed E-state index contributed by atoms with van der Waals surface area (Å²) in [5.41, 5.74) is 2.65. The molecule has 0 saturated heterocycles. The molecule has 0 aromatic carbocycles. The predicted molar refractivity (Wildman–Crippen MR) is 50.3 cm³/mol. The van der Waals surface area contributed by atoms with Gasteiger partial charge in [0, 0.05) is 12.7 Å². The van der Waals surface area contributed by atoms with E-state index >= 15 is 0 Å². The summed E-state index contributed by atoms with van der Waals surface area (Å²) in [6.45, 7) is 1.10. The molecule has 2 rings (SSSR count). The highest BCUT2D eigenvalue weighted by atomic mass is 14.9. The van der Waals surface area contributed by atoms with Crippen molar-refractivity contribution in [2.45, 2.75) is 25.7 Å². The van der Waals surface area contributed by atoms with Crippen molar-refractivity contribution in [2.75, 3.05) is 11.9 Å². The van der Waals surface area contributed by atoms with E-state index < -0.39 is 0 Å². The molecule has 0 fully saturated rings. The first-order chi connectivity index (χ1) is 5.97. The lowest BCUT2D eigenvalue weighted by Crippen LogP contribution is -2.07. The molecule has 1 aromatic heterocycles. The van der Waals surface area contributed by atoms with Crippen LogP contribution in [0.3, 0.4) is 0 Å². The van der Waals surface area contributed by atoms with Crippen LogP contribution in [-0.4, -0.2) is 11.5 Å². The number of nitrogens with one attached hydrogen (secondary N) is 1. The molecular weight excluding hydrogens is 148 g/mol. The number of aryl methyl sites for hydroxylation is 1. The lowest BCUT2D eigenvalue weighted by atomic mass is 10.0. The molecule has 0 atom stereocenters. The van der Waals surface area contributed by atoms with Crippen molar-refractivity contribution in [2.24, 2.45) is 0 Å². The van der Waals surface area contributed by atoms with Crippen LogP contribution in [0.2, 0.25) is 0 Å². The Morgan fingerprint density at radius 3 is 3.25 bits per heavy atom. The van der Waals surface area contributed by atoms with Crippen molar-refractivity contribution in [3.05, 3.63) is 24.0 Å². The molecule has 64 valence electrons. The van der Waals surface area contributed by atoms with Gasteiger partial charge in [-0.05, 0) is 30.9 Å². The third-order valence-electron chi connectivity index (χ3n) is 2.35. The first-order valence-electron chi connectivity index (χ1n) is 4.63. The molecule has 0 spiro atoms. The molecule has 1 aliphatic rings. The van der Waals surface area contributed by atoms with E-state index in [1.165, 1.54) is 36.9 Å². The van der Waals surface area contributed by atoms with Crippen LogP contribution in [0.15, 0.2) is 18.5 Å². The average Bonchev–Trinajstić information content (AvgIpc) is 2.06.